The summed E-state index contributed by atoms with van der Waals surface area (Å²) in [6, 6.07) is 0. The predicted octanol–water partition coefficient (Wildman–Crippen LogP) is -4.01. The highest BCUT2D eigenvalue weighted by molar-refractivity contribution is 7.29. The number of fused-ring (bicyclic) bond motifs is 1. The third-order valence-corrected chi connectivity index (χ3v) is 1.36. The third-order valence-electron chi connectivity index (χ3n) is 1.36. The normalized spacial score (nSPS) is 9.41. The molecule has 2 aromatic heterocycles. The Hall–Kier alpha value is -1.91. The van der Waals surface area contributed by atoms with Crippen molar-refractivity contribution in [1.82, 2.24) is 15.0 Å². The summed E-state index contributed by atoms with van der Waals surface area (Å²) < 4.78 is 8.59. The Bertz CT molecular complexity index is 533. The minimum atomic E-state index is -3.12. The second-order valence-electron chi connectivity index (χ2n) is 2.35. The molecule has 0 aliphatic heterocycles. The fourth-order valence-electron chi connectivity index (χ4n) is 0.906. The van der Waals surface area contributed by atoms with E-state index < -0.39 is 8.25 Å². The Morgan fingerprint density at radius 1 is 1.53 bits per heavy atom. The second-order valence-corrected chi connectivity index (χ2v) is 2.82. The zero-order chi connectivity index (χ0) is 11.4. The van der Waals surface area contributed by atoms with Crippen LogP contribution in [0, 0.1) is 0 Å². The fraction of sp³-hybridized carbons (Fsp3) is 0. The molecule has 0 aliphatic rings. The quantitative estimate of drug-likeness (QED) is 0.347. The van der Waals surface area contributed by atoms with E-state index in [1.165, 1.54) is 6.33 Å². The number of anilines is 1. The van der Waals surface area contributed by atoms with Gasteiger partial charge in [-0.2, -0.15) is 4.89 Å². The Labute approximate surface area is 93.9 Å². The number of rotatable bonds is 0. The van der Waals surface area contributed by atoms with Crippen molar-refractivity contribution in [2.45, 2.75) is 0 Å². The van der Waals surface area contributed by atoms with Gasteiger partial charge in [0.05, 0.1) is 0 Å². The molecular weight excluding hydrogens is 257 g/mol. The van der Waals surface area contributed by atoms with Crippen LogP contribution in [0.1, 0.15) is 0 Å². The standard InChI is InChI=1S/C5H5N5O.HO3P.2H2O/c6-5-9-3-2(4(11)10-5)7-1-8-3;1-4(2)3;;/h1H,(H4,6,7,8,9,10,11);(H,1,2,3);2*1H2/p+1. The molecule has 0 aliphatic carbocycles. The Kier molecular flexibility index (Phi) is 7.59. The van der Waals surface area contributed by atoms with E-state index >= 15 is 0 Å². The van der Waals surface area contributed by atoms with E-state index in [0.717, 1.165) is 0 Å². The van der Waals surface area contributed by atoms with Crippen LogP contribution in [-0.2, 0) is 4.57 Å². The van der Waals surface area contributed by atoms with Gasteiger partial charge in [0.15, 0.2) is 6.33 Å². The van der Waals surface area contributed by atoms with Crippen LogP contribution in [0.25, 0.3) is 11.2 Å². The minimum Gasteiger partial charge on any atom is -0.567 e. The van der Waals surface area contributed by atoms with Gasteiger partial charge in [-0.05, 0) is 4.57 Å². The number of H-pyrrole nitrogens is 3. The van der Waals surface area contributed by atoms with Gasteiger partial charge < -0.3 is 21.6 Å². The molecule has 10 N–H and O–H groups in total. The lowest BCUT2D eigenvalue weighted by Gasteiger charge is -1.82. The van der Waals surface area contributed by atoms with Crippen molar-refractivity contribution in [2.24, 2.45) is 0 Å². The highest BCUT2D eigenvalue weighted by atomic mass is 31.1. The number of imidazole rings is 1. The molecule has 1 unspecified atom stereocenters. The van der Waals surface area contributed by atoms with Gasteiger partial charge in [-0.1, -0.05) is 4.98 Å². The second kappa shape index (κ2) is 7.38. The van der Waals surface area contributed by atoms with Crippen LogP contribution >= 0.6 is 8.25 Å². The van der Waals surface area contributed by atoms with Gasteiger partial charge in [-0.3, -0.25) is 14.8 Å². The highest BCUT2D eigenvalue weighted by Crippen LogP contribution is 1.94. The molecule has 0 bridgehead atoms. The lowest BCUT2D eigenvalue weighted by atomic mass is 10.5. The molecule has 0 saturated carbocycles. The molecule has 96 valence electrons. The number of nitrogen functional groups attached to an aromatic ring is 1. The zero-order valence-corrected chi connectivity index (χ0v) is 9.12. The Morgan fingerprint density at radius 2 is 2.06 bits per heavy atom. The first-order valence-electron chi connectivity index (χ1n) is 3.58. The number of nitrogens with two attached hydrogens (primary N) is 1. The van der Waals surface area contributed by atoms with E-state index in [1.807, 2.05) is 0 Å². The number of aromatic amines is 3. The maximum absolute atomic E-state index is 11.0. The zero-order valence-electron chi connectivity index (χ0n) is 8.22. The van der Waals surface area contributed by atoms with Gasteiger partial charge in [0, 0.05) is 0 Å². The predicted molar refractivity (Wildman–Crippen MR) is 54.7 cm³/mol. The molecule has 0 saturated heterocycles. The monoisotopic (exact) mass is 268 g/mol. The first-order chi connectivity index (χ1) is 7.00. The fourth-order valence-corrected chi connectivity index (χ4v) is 0.906. The number of nitrogens with zero attached hydrogens (tertiary/aromatic N) is 1. The maximum atomic E-state index is 11.0. The summed E-state index contributed by atoms with van der Waals surface area (Å²) in [6.07, 6.45) is 1.52. The molecule has 17 heavy (non-hydrogen) atoms. The van der Waals surface area contributed by atoms with Crippen molar-refractivity contribution in [1.29, 1.82) is 0 Å². The van der Waals surface area contributed by atoms with Crippen molar-refractivity contribution in [3.05, 3.63) is 16.7 Å². The van der Waals surface area contributed by atoms with Crippen molar-refractivity contribution in [2.75, 3.05) is 5.73 Å². The van der Waals surface area contributed by atoms with Crippen LogP contribution in [0.3, 0.4) is 0 Å². The molecule has 2 aromatic rings. The minimum absolute atomic E-state index is 0. The first kappa shape index (κ1) is 17.5. The van der Waals surface area contributed by atoms with Crippen LogP contribution in [0.4, 0.5) is 5.95 Å². The van der Waals surface area contributed by atoms with E-state index in [2.05, 4.69) is 19.9 Å². The van der Waals surface area contributed by atoms with Crippen LogP contribution in [0.2, 0.25) is 0 Å². The number of hydrogen-bond donors (Lipinski definition) is 4. The van der Waals surface area contributed by atoms with Crippen molar-refractivity contribution in [3.63, 3.8) is 0 Å². The van der Waals surface area contributed by atoms with Crippen molar-refractivity contribution in [3.8, 4) is 0 Å². The molecule has 0 fully saturated rings. The SMILES string of the molecule is Nc1nc2[nH+]c[nH]c2c(=O)[nH]1.O.O.O=[P+]([O-])O. The molecule has 0 radical (unpaired) electrons. The molecular formula is C5H11N5O6P+. The summed E-state index contributed by atoms with van der Waals surface area (Å²) >= 11 is 0. The molecule has 2 heterocycles. The number of aromatic nitrogens is 4. The van der Waals surface area contributed by atoms with Gasteiger partial charge in [0.2, 0.25) is 5.52 Å². The van der Waals surface area contributed by atoms with Crippen LogP contribution < -0.4 is 21.2 Å². The largest absolute Gasteiger partial charge is 0.567 e. The third kappa shape index (κ3) is 5.10. The topological polar surface area (TPSA) is 225 Å². The van der Waals surface area contributed by atoms with Crippen molar-refractivity contribution >= 4 is 25.4 Å². The summed E-state index contributed by atoms with van der Waals surface area (Å²) in [7, 11) is -3.12. The van der Waals surface area contributed by atoms with Gasteiger partial charge in [-0.15, -0.1) is 0 Å². The molecule has 12 heteroatoms. The lowest BCUT2D eigenvalue weighted by molar-refractivity contribution is -0.347. The molecule has 2 rings (SSSR count). The van der Waals surface area contributed by atoms with Crippen molar-refractivity contribution < 1.29 is 30.3 Å². The van der Waals surface area contributed by atoms with Crippen LogP contribution in [-0.4, -0.2) is 30.8 Å². The highest BCUT2D eigenvalue weighted by Gasteiger charge is 2.08. The lowest BCUT2D eigenvalue weighted by Crippen LogP contribution is -2.13. The average molecular weight is 268 g/mol. The van der Waals surface area contributed by atoms with Gasteiger partial charge in [-0.25, -0.2) is 4.98 Å². The molecule has 1 atom stereocenters. The van der Waals surface area contributed by atoms with E-state index in [-0.39, 0.29) is 22.5 Å². The Balaban J connectivity index is 0. The first-order valence-corrected chi connectivity index (χ1v) is 4.71. The maximum Gasteiger partial charge on any atom is 0.485 e. The number of hydrogen-bond acceptors (Lipinski definition) is 5. The molecule has 0 spiro atoms. The Morgan fingerprint density at radius 3 is 2.59 bits per heavy atom. The van der Waals surface area contributed by atoms with Gasteiger partial charge >= 0.3 is 13.9 Å². The van der Waals surface area contributed by atoms with E-state index in [9.17, 15) is 4.79 Å². The summed E-state index contributed by atoms with van der Waals surface area (Å²) in [6.45, 7) is 0. The van der Waals surface area contributed by atoms with E-state index in [1.54, 1.807) is 0 Å². The summed E-state index contributed by atoms with van der Waals surface area (Å²) in [5.74, 6) is 0.110. The van der Waals surface area contributed by atoms with Gasteiger partial charge in [0.25, 0.3) is 11.5 Å². The van der Waals surface area contributed by atoms with Gasteiger partial charge in [0.1, 0.15) is 0 Å². The summed E-state index contributed by atoms with van der Waals surface area (Å²) in [5, 5.41) is 0. The smallest absolute Gasteiger partial charge is 0.485 e. The van der Waals surface area contributed by atoms with E-state index in [4.69, 9.17) is 20.1 Å². The van der Waals surface area contributed by atoms with E-state index in [0.29, 0.717) is 11.2 Å². The molecule has 0 amide bonds. The molecule has 0 aromatic carbocycles. The molecule has 11 nitrogen and oxygen atoms in total. The summed E-state index contributed by atoms with van der Waals surface area (Å²) in [5.41, 5.74) is 5.88. The average Bonchev–Trinajstić information content (AvgIpc) is 2.50. The van der Waals surface area contributed by atoms with Crippen LogP contribution in [0.15, 0.2) is 11.1 Å². The van der Waals surface area contributed by atoms with Crippen LogP contribution in [0.5, 0.6) is 0 Å². The summed E-state index contributed by atoms with van der Waals surface area (Å²) in [4.78, 5) is 38.3. The number of nitrogens with one attached hydrogen (secondary N) is 3.